The van der Waals surface area contributed by atoms with E-state index in [0.29, 0.717) is 10.9 Å². The average Bonchev–Trinajstić information content (AvgIpc) is 2.89. The maximum absolute atomic E-state index is 6.02. The second kappa shape index (κ2) is 4.16. The quantitative estimate of drug-likeness (QED) is 0.848. The number of fused-ring (bicyclic) bond motifs is 1. The van der Waals surface area contributed by atoms with E-state index in [1.807, 2.05) is 12.1 Å². The molecule has 88 valence electrons. The zero-order valence-electron chi connectivity index (χ0n) is 9.06. The Kier molecular flexibility index (Phi) is 2.64. The van der Waals surface area contributed by atoms with Gasteiger partial charge in [-0.1, -0.05) is 28.2 Å². The maximum atomic E-state index is 6.02. The number of benzene rings is 1. The summed E-state index contributed by atoms with van der Waals surface area (Å²) < 4.78 is 4.50. The van der Waals surface area contributed by atoms with Gasteiger partial charge in [0, 0.05) is 18.1 Å². The lowest BCUT2D eigenvalue weighted by Gasteiger charge is -2.19. The Hall–Kier alpha value is -1.33. The van der Waals surface area contributed by atoms with Crippen LogP contribution in [0.15, 0.2) is 18.2 Å². The van der Waals surface area contributed by atoms with E-state index in [1.165, 1.54) is 17.1 Å². The molecule has 3 rings (SSSR count). The third-order valence-electron chi connectivity index (χ3n) is 2.97. The number of para-hydroxylation sites is 1. The summed E-state index contributed by atoms with van der Waals surface area (Å²) >= 11 is 7.24. The van der Waals surface area contributed by atoms with Crippen LogP contribution in [0.25, 0.3) is 0 Å². The summed E-state index contributed by atoms with van der Waals surface area (Å²) in [5, 5.41) is 4.04. The Morgan fingerprint density at radius 1 is 1.47 bits per heavy atom. The van der Waals surface area contributed by atoms with Gasteiger partial charge in [-0.2, -0.15) is 0 Å². The van der Waals surface area contributed by atoms with E-state index < -0.39 is 0 Å². The Labute approximate surface area is 108 Å². The Morgan fingerprint density at radius 2 is 2.35 bits per heavy atom. The molecule has 1 aliphatic rings. The number of rotatable bonds is 2. The molecule has 0 unspecified atom stereocenters. The molecular weight excluding hydrogens is 256 g/mol. The van der Waals surface area contributed by atoms with Gasteiger partial charge in [0.15, 0.2) is 0 Å². The summed E-state index contributed by atoms with van der Waals surface area (Å²) in [7, 11) is 0. The second-order valence-corrected chi connectivity index (χ2v) is 5.38. The third kappa shape index (κ3) is 1.85. The summed E-state index contributed by atoms with van der Waals surface area (Å²) in [5.74, 6) is 0. The van der Waals surface area contributed by atoms with Crippen molar-refractivity contribution in [3.63, 3.8) is 0 Å². The molecule has 0 radical (unpaired) electrons. The van der Waals surface area contributed by atoms with Crippen molar-refractivity contribution in [1.82, 2.24) is 9.59 Å². The van der Waals surface area contributed by atoms with E-state index >= 15 is 0 Å². The van der Waals surface area contributed by atoms with Gasteiger partial charge in [-0.25, -0.2) is 0 Å². The molecule has 1 aromatic carbocycles. The van der Waals surface area contributed by atoms with Crippen molar-refractivity contribution >= 4 is 34.5 Å². The van der Waals surface area contributed by atoms with Crippen molar-refractivity contribution in [1.29, 1.82) is 0 Å². The minimum absolute atomic E-state index is 0.660. The van der Waals surface area contributed by atoms with Gasteiger partial charge in [0.25, 0.3) is 0 Å². The molecule has 0 spiro atoms. The van der Waals surface area contributed by atoms with E-state index in [4.69, 9.17) is 17.3 Å². The van der Waals surface area contributed by atoms with Crippen molar-refractivity contribution in [3.05, 3.63) is 33.8 Å². The van der Waals surface area contributed by atoms with Gasteiger partial charge >= 0.3 is 0 Å². The SMILES string of the molecule is Nc1cccc2c1N(Cc1nnsc1Cl)CC2. The minimum atomic E-state index is 0.660. The first-order valence-corrected chi connectivity index (χ1v) is 6.50. The van der Waals surface area contributed by atoms with Crippen LogP contribution in [0.1, 0.15) is 11.3 Å². The molecule has 17 heavy (non-hydrogen) atoms. The van der Waals surface area contributed by atoms with Gasteiger partial charge in [-0.05, 0) is 18.1 Å². The first-order chi connectivity index (χ1) is 8.25. The largest absolute Gasteiger partial charge is 0.397 e. The Balaban J connectivity index is 1.92. The van der Waals surface area contributed by atoms with Gasteiger partial charge in [-0.3, -0.25) is 0 Å². The molecule has 0 amide bonds. The minimum Gasteiger partial charge on any atom is -0.397 e. The van der Waals surface area contributed by atoms with Gasteiger partial charge in [-0.15, -0.1) is 5.10 Å². The van der Waals surface area contributed by atoms with Gasteiger partial charge in [0.1, 0.15) is 10.0 Å². The lowest BCUT2D eigenvalue weighted by Crippen LogP contribution is -2.21. The number of hydrogen-bond acceptors (Lipinski definition) is 5. The number of nitrogens with zero attached hydrogens (tertiary/aromatic N) is 3. The fourth-order valence-corrected chi connectivity index (χ4v) is 2.81. The van der Waals surface area contributed by atoms with Crippen molar-refractivity contribution in [2.45, 2.75) is 13.0 Å². The van der Waals surface area contributed by atoms with E-state index in [1.54, 1.807) is 0 Å². The maximum Gasteiger partial charge on any atom is 0.139 e. The van der Waals surface area contributed by atoms with Crippen LogP contribution in [0.2, 0.25) is 4.34 Å². The van der Waals surface area contributed by atoms with E-state index in [9.17, 15) is 0 Å². The molecule has 0 atom stereocenters. The van der Waals surface area contributed by atoms with Gasteiger partial charge in [0.2, 0.25) is 0 Å². The predicted molar refractivity (Wildman–Crippen MR) is 70.5 cm³/mol. The van der Waals surface area contributed by atoms with Crippen LogP contribution in [0.5, 0.6) is 0 Å². The summed E-state index contributed by atoms with van der Waals surface area (Å²) in [6, 6.07) is 6.04. The van der Waals surface area contributed by atoms with Crippen molar-refractivity contribution < 1.29 is 0 Å². The molecule has 0 saturated carbocycles. The van der Waals surface area contributed by atoms with Crippen LogP contribution in [0.4, 0.5) is 11.4 Å². The average molecular weight is 267 g/mol. The predicted octanol–water partition coefficient (Wildman–Crippen LogP) is 2.34. The van der Waals surface area contributed by atoms with Crippen LogP contribution in [0, 0.1) is 0 Å². The first-order valence-electron chi connectivity index (χ1n) is 5.35. The number of nitrogens with two attached hydrogens (primary N) is 1. The normalized spacial score (nSPS) is 14.1. The summed E-state index contributed by atoms with van der Waals surface area (Å²) in [6.45, 7) is 1.63. The highest BCUT2D eigenvalue weighted by molar-refractivity contribution is 7.10. The molecule has 6 heteroatoms. The zero-order chi connectivity index (χ0) is 11.8. The molecule has 4 nitrogen and oxygen atoms in total. The number of halogens is 1. The van der Waals surface area contributed by atoms with Crippen LogP contribution >= 0.6 is 23.1 Å². The number of aromatic nitrogens is 2. The number of hydrogen-bond donors (Lipinski definition) is 1. The molecule has 2 aromatic rings. The zero-order valence-corrected chi connectivity index (χ0v) is 10.6. The second-order valence-electron chi connectivity index (χ2n) is 4.02. The third-order valence-corrected chi connectivity index (χ3v) is 3.95. The molecule has 2 heterocycles. The number of nitrogen functional groups attached to an aromatic ring is 1. The monoisotopic (exact) mass is 266 g/mol. The lowest BCUT2D eigenvalue weighted by atomic mass is 10.1. The smallest absolute Gasteiger partial charge is 0.139 e. The molecule has 0 aliphatic carbocycles. The molecule has 0 fully saturated rings. The van der Waals surface area contributed by atoms with E-state index in [-0.39, 0.29) is 0 Å². The summed E-state index contributed by atoms with van der Waals surface area (Å²) in [5.41, 5.74) is 10.1. The summed E-state index contributed by atoms with van der Waals surface area (Å²) in [6.07, 6.45) is 1.02. The molecule has 2 N–H and O–H groups in total. The van der Waals surface area contributed by atoms with Crippen molar-refractivity contribution in [3.8, 4) is 0 Å². The topological polar surface area (TPSA) is 55.0 Å². The lowest BCUT2D eigenvalue weighted by molar-refractivity contribution is 0.809. The highest BCUT2D eigenvalue weighted by Gasteiger charge is 2.22. The molecule has 1 aromatic heterocycles. The fourth-order valence-electron chi connectivity index (χ4n) is 2.20. The molecular formula is C11H11ClN4S. The van der Waals surface area contributed by atoms with E-state index in [0.717, 1.165) is 30.0 Å². The van der Waals surface area contributed by atoms with E-state index in [2.05, 4.69) is 20.6 Å². The molecule has 0 bridgehead atoms. The first kappa shape index (κ1) is 10.8. The van der Waals surface area contributed by atoms with Crippen LogP contribution in [-0.4, -0.2) is 16.1 Å². The van der Waals surface area contributed by atoms with Crippen LogP contribution < -0.4 is 10.6 Å². The van der Waals surface area contributed by atoms with Gasteiger partial charge < -0.3 is 10.6 Å². The van der Waals surface area contributed by atoms with Crippen molar-refractivity contribution in [2.75, 3.05) is 17.2 Å². The van der Waals surface area contributed by atoms with Crippen LogP contribution in [-0.2, 0) is 13.0 Å². The highest BCUT2D eigenvalue weighted by Crippen LogP contribution is 2.35. The highest BCUT2D eigenvalue weighted by atomic mass is 35.5. The Morgan fingerprint density at radius 3 is 3.12 bits per heavy atom. The fraction of sp³-hybridized carbons (Fsp3) is 0.273. The standard InChI is InChI=1S/C11H11ClN4S/c12-11-9(14-15-17-11)6-16-5-4-7-2-1-3-8(13)10(7)16/h1-3H,4-6,13H2. The van der Waals surface area contributed by atoms with Crippen LogP contribution in [0.3, 0.4) is 0 Å². The Bertz CT molecular complexity index is 554. The van der Waals surface area contributed by atoms with Gasteiger partial charge in [0.05, 0.1) is 17.9 Å². The summed E-state index contributed by atoms with van der Waals surface area (Å²) in [4.78, 5) is 2.22. The molecule has 0 saturated heterocycles. The number of anilines is 2. The van der Waals surface area contributed by atoms with Crippen molar-refractivity contribution in [2.24, 2.45) is 0 Å². The molecule has 1 aliphatic heterocycles.